The maximum Gasteiger partial charge on any atom is 0.407 e. The number of ketones is 1. The summed E-state index contributed by atoms with van der Waals surface area (Å²) in [4.78, 5) is 24.4. The molecule has 0 heterocycles. The first kappa shape index (κ1) is 15.3. The van der Waals surface area contributed by atoms with Gasteiger partial charge in [-0.1, -0.05) is 13.8 Å². The number of Topliss-reactive ketones (excluding diaryl/α,β-unsaturated/α-hetero) is 1. The Bertz CT molecular complexity index is 397. The van der Waals surface area contributed by atoms with Crippen LogP contribution in [-0.2, 0) is 9.53 Å². The molecule has 0 aromatic heterocycles. The summed E-state index contributed by atoms with van der Waals surface area (Å²) >= 11 is 0. The van der Waals surface area contributed by atoms with Crippen molar-refractivity contribution in [1.82, 2.24) is 5.32 Å². The quantitative estimate of drug-likeness (QED) is 0.864. The lowest BCUT2D eigenvalue weighted by molar-refractivity contribution is -0.128. The van der Waals surface area contributed by atoms with Crippen LogP contribution < -0.4 is 5.32 Å². The maximum atomic E-state index is 12.4. The van der Waals surface area contributed by atoms with Crippen molar-refractivity contribution in [3.63, 3.8) is 0 Å². The summed E-state index contributed by atoms with van der Waals surface area (Å²) in [6.07, 6.45) is 2.92. The number of nitrogens with one attached hydrogen (secondary N) is 1. The van der Waals surface area contributed by atoms with Crippen LogP contribution >= 0.6 is 0 Å². The predicted molar refractivity (Wildman–Crippen MR) is 77.3 cm³/mol. The number of hydrogen-bond acceptors (Lipinski definition) is 3. The van der Waals surface area contributed by atoms with Gasteiger partial charge in [-0.05, 0) is 51.9 Å². The van der Waals surface area contributed by atoms with Gasteiger partial charge in [0.05, 0.1) is 0 Å². The van der Waals surface area contributed by atoms with E-state index in [-0.39, 0.29) is 17.9 Å². The Kier molecular flexibility index (Phi) is 4.12. The highest BCUT2D eigenvalue weighted by Gasteiger charge is 2.51. The minimum Gasteiger partial charge on any atom is -0.444 e. The molecule has 2 bridgehead atoms. The summed E-state index contributed by atoms with van der Waals surface area (Å²) in [5.41, 5.74) is -0.501. The number of carbonyl (C=O) groups is 2. The van der Waals surface area contributed by atoms with Gasteiger partial charge in [-0.15, -0.1) is 0 Å². The number of amides is 1. The molecule has 0 unspecified atom stereocenters. The van der Waals surface area contributed by atoms with Crippen molar-refractivity contribution in [2.45, 2.75) is 65.5 Å². The van der Waals surface area contributed by atoms with Crippen molar-refractivity contribution in [3.05, 3.63) is 0 Å². The average Bonchev–Trinajstić information content (AvgIpc) is 2.85. The highest BCUT2D eigenvalue weighted by atomic mass is 16.6. The minimum atomic E-state index is -0.501. The maximum absolute atomic E-state index is 12.4. The highest BCUT2D eigenvalue weighted by Crippen LogP contribution is 2.49. The summed E-state index contributed by atoms with van der Waals surface area (Å²) in [5.74, 6) is 1.21. The van der Waals surface area contributed by atoms with Crippen molar-refractivity contribution in [3.8, 4) is 0 Å². The molecule has 1 N–H and O–H groups in total. The van der Waals surface area contributed by atoms with E-state index < -0.39 is 11.7 Å². The van der Waals surface area contributed by atoms with E-state index in [0.29, 0.717) is 17.6 Å². The second-order valence-corrected chi connectivity index (χ2v) is 7.59. The molecule has 2 aliphatic rings. The van der Waals surface area contributed by atoms with Crippen molar-refractivity contribution < 1.29 is 14.3 Å². The molecule has 0 saturated heterocycles. The van der Waals surface area contributed by atoms with Crippen molar-refractivity contribution >= 4 is 11.9 Å². The molecule has 20 heavy (non-hydrogen) atoms. The van der Waals surface area contributed by atoms with Crippen LogP contribution in [0, 0.1) is 23.7 Å². The first-order valence-corrected chi connectivity index (χ1v) is 7.72. The van der Waals surface area contributed by atoms with Gasteiger partial charge in [-0.25, -0.2) is 4.79 Å². The lowest BCUT2D eigenvalue weighted by Crippen LogP contribution is -2.49. The Hall–Kier alpha value is -1.06. The van der Waals surface area contributed by atoms with Crippen molar-refractivity contribution in [1.29, 1.82) is 0 Å². The molecule has 0 radical (unpaired) electrons. The Labute approximate surface area is 121 Å². The fourth-order valence-corrected chi connectivity index (χ4v) is 3.74. The van der Waals surface area contributed by atoms with Gasteiger partial charge in [-0.2, -0.15) is 0 Å². The molecule has 1 amide bonds. The van der Waals surface area contributed by atoms with Gasteiger partial charge >= 0.3 is 6.09 Å². The van der Waals surface area contributed by atoms with E-state index in [9.17, 15) is 9.59 Å². The van der Waals surface area contributed by atoms with E-state index in [2.05, 4.69) is 5.32 Å². The van der Waals surface area contributed by atoms with Gasteiger partial charge in [0.2, 0.25) is 0 Å². The third-order valence-corrected chi connectivity index (χ3v) is 4.50. The SMILES string of the molecule is CC(C)C(=O)[C@@H]1[C@H]2CC[C@H](C2)[C@@H]1NC(=O)OC(C)(C)C. The van der Waals surface area contributed by atoms with Crippen LogP contribution in [0.3, 0.4) is 0 Å². The van der Waals surface area contributed by atoms with Crippen LogP contribution in [0.2, 0.25) is 0 Å². The summed E-state index contributed by atoms with van der Waals surface area (Å²) in [7, 11) is 0. The number of hydrogen-bond donors (Lipinski definition) is 1. The first-order chi connectivity index (χ1) is 9.19. The highest BCUT2D eigenvalue weighted by molar-refractivity contribution is 5.85. The molecule has 2 rings (SSSR count). The normalized spacial score (nSPS) is 32.5. The average molecular weight is 281 g/mol. The third-order valence-electron chi connectivity index (χ3n) is 4.50. The van der Waals surface area contributed by atoms with Crippen molar-refractivity contribution in [2.24, 2.45) is 23.7 Å². The summed E-state index contributed by atoms with van der Waals surface area (Å²) in [6, 6.07) is -0.0292. The number of carbonyl (C=O) groups excluding carboxylic acids is 2. The number of rotatable bonds is 3. The zero-order valence-corrected chi connectivity index (χ0v) is 13.2. The molecule has 4 atom stereocenters. The van der Waals surface area contributed by atoms with E-state index in [4.69, 9.17) is 4.74 Å². The Morgan fingerprint density at radius 3 is 2.30 bits per heavy atom. The number of fused-ring (bicyclic) bond motifs is 2. The lowest BCUT2D eigenvalue weighted by Gasteiger charge is -2.32. The largest absolute Gasteiger partial charge is 0.444 e. The van der Waals surface area contributed by atoms with Gasteiger partial charge in [0.25, 0.3) is 0 Å². The zero-order chi connectivity index (χ0) is 15.1. The molecule has 0 aliphatic heterocycles. The second kappa shape index (κ2) is 5.38. The van der Waals surface area contributed by atoms with Crippen molar-refractivity contribution in [2.75, 3.05) is 0 Å². The third kappa shape index (κ3) is 3.15. The number of alkyl carbamates (subject to hydrolysis) is 1. The van der Waals surface area contributed by atoms with Crippen LogP contribution in [-0.4, -0.2) is 23.5 Å². The monoisotopic (exact) mass is 281 g/mol. The molecule has 2 fully saturated rings. The van der Waals surface area contributed by atoms with Crippen LogP contribution in [0.1, 0.15) is 53.9 Å². The number of ether oxygens (including phenoxy) is 1. The molecular weight excluding hydrogens is 254 g/mol. The smallest absolute Gasteiger partial charge is 0.407 e. The summed E-state index contributed by atoms with van der Waals surface area (Å²) in [5, 5.41) is 2.97. The predicted octanol–water partition coefficient (Wildman–Crippen LogP) is 3.15. The van der Waals surface area contributed by atoms with E-state index in [1.54, 1.807) is 0 Å². The van der Waals surface area contributed by atoms with Gasteiger partial charge in [-0.3, -0.25) is 4.79 Å². The summed E-state index contributed by atoms with van der Waals surface area (Å²) < 4.78 is 5.33. The molecule has 114 valence electrons. The standard InChI is InChI=1S/C16H27NO3/c1-9(2)14(18)12-10-6-7-11(8-10)13(12)17-15(19)20-16(3,4)5/h9-13H,6-8H2,1-5H3,(H,17,19)/t10-,11+,12+,13-/m0/s1. The van der Waals surface area contributed by atoms with Crippen LogP contribution in [0.15, 0.2) is 0 Å². The van der Waals surface area contributed by atoms with Gasteiger partial charge in [0.1, 0.15) is 11.4 Å². The second-order valence-electron chi connectivity index (χ2n) is 7.59. The Morgan fingerprint density at radius 2 is 1.75 bits per heavy atom. The molecule has 4 nitrogen and oxygen atoms in total. The lowest BCUT2D eigenvalue weighted by atomic mass is 9.78. The molecule has 0 aromatic carbocycles. The molecule has 2 aliphatic carbocycles. The van der Waals surface area contributed by atoms with Gasteiger partial charge < -0.3 is 10.1 Å². The Balaban J connectivity index is 2.05. The van der Waals surface area contributed by atoms with E-state index in [1.807, 2.05) is 34.6 Å². The van der Waals surface area contributed by atoms with Gasteiger partial charge in [0.15, 0.2) is 0 Å². The van der Waals surface area contributed by atoms with Crippen LogP contribution in [0.25, 0.3) is 0 Å². The van der Waals surface area contributed by atoms with E-state index >= 15 is 0 Å². The van der Waals surface area contributed by atoms with E-state index in [0.717, 1.165) is 19.3 Å². The summed E-state index contributed by atoms with van der Waals surface area (Å²) in [6.45, 7) is 9.44. The van der Waals surface area contributed by atoms with Crippen LogP contribution in [0.4, 0.5) is 4.79 Å². The minimum absolute atomic E-state index is 0.0127. The molecule has 0 spiro atoms. The fourth-order valence-electron chi connectivity index (χ4n) is 3.74. The molecule has 4 heteroatoms. The van der Waals surface area contributed by atoms with Crippen LogP contribution in [0.5, 0.6) is 0 Å². The Morgan fingerprint density at radius 1 is 1.15 bits per heavy atom. The van der Waals surface area contributed by atoms with E-state index in [1.165, 1.54) is 0 Å². The molecular formula is C16H27NO3. The molecule has 0 aromatic rings. The zero-order valence-electron chi connectivity index (χ0n) is 13.2. The topological polar surface area (TPSA) is 55.4 Å². The van der Waals surface area contributed by atoms with Gasteiger partial charge in [0, 0.05) is 17.9 Å². The fraction of sp³-hybridized carbons (Fsp3) is 0.875. The molecule has 2 saturated carbocycles. The first-order valence-electron chi connectivity index (χ1n) is 7.72.